The molecule has 1 aromatic carbocycles. The van der Waals surface area contributed by atoms with Crippen LogP contribution in [0.15, 0.2) is 18.2 Å². The van der Waals surface area contributed by atoms with Crippen molar-refractivity contribution in [3.8, 4) is 0 Å². The first kappa shape index (κ1) is 14.1. The molecule has 7 heteroatoms. The number of benzene rings is 1. The summed E-state index contributed by atoms with van der Waals surface area (Å²) in [5.74, 6) is 0. The van der Waals surface area contributed by atoms with Gasteiger partial charge >= 0.3 is 6.18 Å². The average molecular weight is 283 g/mol. The second-order valence-electron chi connectivity index (χ2n) is 3.35. The molecule has 0 aliphatic rings. The van der Waals surface area contributed by atoms with Crippen LogP contribution in [-0.4, -0.2) is 17.7 Å². The smallest absolute Gasteiger partial charge is 0.389 e. The molecule has 0 fully saturated rings. The second kappa shape index (κ2) is 5.55. The maximum Gasteiger partial charge on any atom is 0.390 e. The lowest BCUT2D eigenvalue weighted by Crippen LogP contribution is -2.17. The minimum atomic E-state index is -4.20. The van der Waals surface area contributed by atoms with Gasteiger partial charge in [-0.25, -0.2) is 0 Å². The topological polar surface area (TPSA) is 38.0 Å². The zero-order valence-electron chi connectivity index (χ0n) is 8.64. The van der Waals surface area contributed by atoms with Gasteiger partial charge in [0.2, 0.25) is 0 Å². The summed E-state index contributed by atoms with van der Waals surface area (Å²) in [7, 11) is 0. The second-order valence-corrected chi connectivity index (χ2v) is 4.22. The van der Waals surface area contributed by atoms with Gasteiger partial charge in [0.25, 0.3) is 0 Å². The molecule has 0 spiro atoms. The summed E-state index contributed by atoms with van der Waals surface area (Å²) in [6.07, 6.45) is -5.13. The Bertz CT molecular complexity index is 421. The Morgan fingerprint density at radius 3 is 2.59 bits per heavy atom. The van der Waals surface area contributed by atoms with Gasteiger partial charge in [-0.2, -0.15) is 13.2 Å². The van der Waals surface area contributed by atoms with Crippen molar-refractivity contribution in [1.82, 2.24) is 0 Å². The largest absolute Gasteiger partial charge is 0.390 e. The van der Waals surface area contributed by atoms with Crippen LogP contribution in [0.4, 0.5) is 18.9 Å². The summed E-state index contributed by atoms with van der Waals surface area (Å²) in [6, 6.07) is 4.64. The Labute approximate surface area is 107 Å². The van der Waals surface area contributed by atoms with Crippen LogP contribution in [0.5, 0.6) is 0 Å². The van der Waals surface area contributed by atoms with Crippen molar-refractivity contribution in [2.45, 2.75) is 12.6 Å². The van der Waals surface area contributed by atoms with Gasteiger partial charge in [0.15, 0.2) is 0 Å². The van der Waals surface area contributed by atoms with Crippen LogP contribution in [0.25, 0.3) is 0 Å². The number of rotatable bonds is 4. The van der Waals surface area contributed by atoms with E-state index in [1.807, 2.05) is 0 Å². The van der Waals surface area contributed by atoms with Gasteiger partial charge in [0.1, 0.15) is 4.99 Å². The highest BCUT2D eigenvalue weighted by molar-refractivity contribution is 7.80. The number of anilines is 1. The van der Waals surface area contributed by atoms with E-state index in [0.717, 1.165) is 0 Å². The predicted octanol–water partition coefficient (Wildman–Crippen LogP) is 3.34. The molecule has 0 atom stereocenters. The standard InChI is InChI=1S/C10H10ClF3N2S/c11-6-1-2-7(9(15)17)8(5-6)16-4-3-10(12,13)14/h1-2,5,16H,3-4H2,(H2,15,17). The number of thiocarbonyl (C=S) groups is 1. The fraction of sp³-hybridized carbons (Fsp3) is 0.300. The molecule has 1 rings (SSSR count). The van der Waals surface area contributed by atoms with Gasteiger partial charge in [-0.15, -0.1) is 0 Å². The van der Waals surface area contributed by atoms with Crippen LogP contribution in [0.2, 0.25) is 5.02 Å². The molecule has 0 unspecified atom stereocenters. The summed E-state index contributed by atoms with van der Waals surface area (Å²) >= 11 is 10.5. The van der Waals surface area contributed by atoms with Crippen LogP contribution in [0, 0.1) is 0 Å². The van der Waals surface area contributed by atoms with E-state index in [1.54, 1.807) is 12.1 Å². The van der Waals surface area contributed by atoms with Crippen molar-refractivity contribution in [1.29, 1.82) is 0 Å². The van der Waals surface area contributed by atoms with E-state index >= 15 is 0 Å². The van der Waals surface area contributed by atoms with Gasteiger partial charge in [0, 0.05) is 22.8 Å². The lowest BCUT2D eigenvalue weighted by molar-refractivity contribution is -0.131. The lowest BCUT2D eigenvalue weighted by atomic mass is 10.1. The van der Waals surface area contributed by atoms with Crippen LogP contribution < -0.4 is 11.1 Å². The normalized spacial score (nSPS) is 11.3. The molecule has 0 aliphatic heterocycles. The van der Waals surface area contributed by atoms with Gasteiger partial charge in [-0.1, -0.05) is 23.8 Å². The Morgan fingerprint density at radius 1 is 1.41 bits per heavy atom. The van der Waals surface area contributed by atoms with E-state index < -0.39 is 12.6 Å². The first-order valence-corrected chi connectivity index (χ1v) is 5.48. The Balaban J connectivity index is 2.75. The summed E-state index contributed by atoms with van der Waals surface area (Å²) in [5.41, 5.74) is 6.34. The Kier molecular flexibility index (Phi) is 4.59. The number of alkyl halides is 3. The minimum Gasteiger partial charge on any atom is -0.389 e. The molecule has 3 N–H and O–H groups in total. The monoisotopic (exact) mass is 282 g/mol. The third-order valence-electron chi connectivity index (χ3n) is 1.97. The van der Waals surface area contributed by atoms with Crippen molar-refractivity contribution in [2.75, 3.05) is 11.9 Å². The van der Waals surface area contributed by atoms with Crippen molar-refractivity contribution in [2.24, 2.45) is 5.73 Å². The van der Waals surface area contributed by atoms with E-state index in [-0.39, 0.29) is 11.5 Å². The van der Waals surface area contributed by atoms with Crippen molar-refractivity contribution in [3.63, 3.8) is 0 Å². The number of nitrogens with two attached hydrogens (primary N) is 1. The van der Waals surface area contributed by atoms with Crippen molar-refractivity contribution < 1.29 is 13.2 Å². The van der Waals surface area contributed by atoms with Crippen molar-refractivity contribution >= 4 is 34.5 Å². The quantitative estimate of drug-likeness (QED) is 0.832. The molecule has 0 saturated heterocycles. The molecule has 0 radical (unpaired) electrons. The molecule has 0 aliphatic carbocycles. The third kappa shape index (κ3) is 4.79. The summed E-state index contributed by atoms with van der Waals surface area (Å²) in [4.78, 5) is 0.108. The van der Waals surface area contributed by atoms with E-state index in [2.05, 4.69) is 5.32 Å². The Morgan fingerprint density at radius 2 is 2.06 bits per heavy atom. The molecule has 2 nitrogen and oxygen atoms in total. The highest BCUT2D eigenvalue weighted by atomic mass is 35.5. The van der Waals surface area contributed by atoms with E-state index in [4.69, 9.17) is 29.6 Å². The van der Waals surface area contributed by atoms with E-state index in [0.29, 0.717) is 16.3 Å². The third-order valence-corrected chi connectivity index (χ3v) is 2.43. The molecular weight excluding hydrogens is 273 g/mol. The van der Waals surface area contributed by atoms with Gasteiger partial charge in [0.05, 0.1) is 6.42 Å². The zero-order valence-corrected chi connectivity index (χ0v) is 10.2. The first-order chi connectivity index (χ1) is 7.79. The maximum atomic E-state index is 12.0. The predicted molar refractivity (Wildman–Crippen MR) is 66.5 cm³/mol. The molecule has 17 heavy (non-hydrogen) atoms. The summed E-state index contributed by atoms with van der Waals surface area (Å²) in [5, 5.41) is 3.02. The van der Waals surface area contributed by atoms with Gasteiger partial charge in [-0.3, -0.25) is 0 Å². The van der Waals surface area contributed by atoms with Crippen LogP contribution >= 0.6 is 23.8 Å². The molecule has 1 aromatic rings. The van der Waals surface area contributed by atoms with Gasteiger partial charge in [-0.05, 0) is 18.2 Å². The maximum absolute atomic E-state index is 12.0. The van der Waals surface area contributed by atoms with Gasteiger partial charge < -0.3 is 11.1 Å². The SMILES string of the molecule is NC(=S)c1ccc(Cl)cc1NCCC(F)(F)F. The highest BCUT2D eigenvalue weighted by Gasteiger charge is 2.26. The van der Waals surface area contributed by atoms with E-state index in [9.17, 15) is 13.2 Å². The highest BCUT2D eigenvalue weighted by Crippen LogP contribution is 2.23. The molecular formula is C10H10ClF3N2S. The summed E-state index contributed by atoms with van der Waals surface area (Å²) in [6.45, 7) is -0.251. The Hall–Kier alpha value is -1.01. The molecule has 0 amide bonds. The van der Waals surface area contributed by atoms with Crippen molar-refractivity contribution in [3.05, 3.63) is 28.8 Å². The zero-order chi connectivity index (χ0) is 13.1. The molecule has 0 aromatic heterocycles. The fourth-order valence-electron chi connectivity index (χ4n) is 1.22. The first-order valence-electron chi connectivity index (χ1n) is 4.69. The minimum absolute atomic E-state index is 0.108. The lowest BCUT2D eigenvalue weighted by Gasteiger charge is -2.12. The summed E-state index contributed by atoms with van der Waals surface area (Å²) < 4.78 is 35.9. The molecule has 0 heterocycles. The molecule has 0 saturated carbocycles. The van der Waals surface area contributed by atoms with Crippen LogP contribution in [0.3, 0.4) is 0 Å². The number of hydrogen-bond acceptors (Lipinski definition) is 2. The van der Waals surface area contributed by atoms with E-state index in [1.165, 1.54) is 6.07 Å². The number of hydrogen-bond donors (Lipinski definition) is 2. The van der Waals surface area contributed by atoms with Crippen LogP contribution in [-0.2, 0) is 0 Å². The number of halogens is 4. The molecule has 94 valence electrons. The molecule has 0 bridgehead atoms. The van der Waals surface area contributed by atoms with Crippen LogP contribution in [0.1, 0.15) is 12.0 Å². The fourth-order valence-corrected chi connectivity index (χ4v) is 1.57. The number of nitrogens with one attached hydrogen (secondary N) is 1. The average Bonchev–Trinajstić information content (AvgIpc) is 2.15.